The molecule has 1 aromatic rings. The standard InChI is InChI=1S/C9H10F2N2O3/c10-9(11)5-1-7(14)13-6(3-12)4(5)2-8(15)16/h1,9H,2-3,12H2,(H,13,14)(H,15,16). The maximum absolute atomic E-state index is 12.6. The Balaban J connectivity index is 3.38. The van der Waals surface area contributed by atoms with Crippen molar-refractivity contribution in [2.45, 2.75) is 19.4 Å². The maximum atomic E-state index is 12.6. The lowest BCUT2D eigenvalue weighted by Crippen LogP contribution is -2.19. The summed E-state index contributed by atoms with van der Waals surface area (Å²) < 4.78 is 25.2. The summed E-state index contributed by atoms with van der Waals surface area (Å²) in [6, 6.07) is 0.697. The van der Waals surface area contributed by atoms with Gasteiger partial charge in [0.1, 0.15) is 0 Å². The van der Waals surface area contributed by atoms with Crippen molar-refractivity contribution in [2.75, 3.05) is 0 Å². The number of carboxylic acids is 1. The van der Waals surface area contributed by atoms with E-state index < -0.39 is 29.9 Å². The summed E-state index contributed by atoms with van der Waals surface area (Å²) >= 11 is 0. The van der Waals surface area contributed by atoms with Gasteiger partial charge in [-0.15, -0.1) is 0 Å². The van der Waals surface area contributed by atoms with Crippen LogP contribution in [0.5, 0.6) is 0 Å². The molecule has 0 unspecified atom stereocenters. The number of halogens is 2. The number of nitrogens with two attached hydrogens (primary N) is 1. The zero-order valence-corrected chi connectivity index (χ0v) is 8.17. The minimum atomic E-state index is -2.90. The van der Waals surface area contributed by atoms with Gasteiger partial charge in [-0.25, -0.2) is 8.78 Å². The number of pyridine rings is 1. The van der Waals surface area contributed by atoms with Crippen LogP contribution in [-0.2, 0) is 17.8 Å². The van der Waals surface area contributed by atoms with Crippen LogP contribution in [0.25, 0.3) is 0 Å². The maximum Gasteiger partial charge on any atom is 0.307 e. The number of hydrogen-bond donors (Lipinski definition) is 3. The average Bonchev–Trinajstić information content (AvgIpc) is 2.19. The highest BCUT2D eigenvalue weighted by Crippen LogP contribution is 2.23. The van der Waals surface area contributed by atoms with Gasteiger partial charge in [0, 0.05) is 23.9 Å². The third-order valence-electron chi connectivity index (χ3n) is 2.04. The first-order chi connectivity index (χ1) is 7.45. The number of aliphatic carboxylic acids is 1. The Morgan fingerprint density at radius 2 is 2.19 bits per heavy atom. The van der Waals surface area contributed by atoms with E-state index in [9.17, 15) is 18.4 Å². The Bertz CT molecular complexity index is 457. The van der Waals surface area contributed by atoms with Gasteiger partial charge in [0.15, 0.2) is 0 Å². The van der Waals surface area contributed by atoms with Crippen LogP contribution in [0.3, 0.4) is 0 Å². The third-order valence-corrected chi connectivity index (χ3v) is 2.04. The van der Waals surface area contributed by atoms with E-state index in [0.717, 1.165) is 0 Å². The van der Waals surface area contributed by atoms with Crippen molar-refractivity contribution < 1.29 is 18.7 Å². The fourth-order valence-electron chi connectivity index (χ4n) is 1.39. The molecule has 4 N–H and O–H groups in total. The van der Waals surface area contributed by atoms with E-state index in [2.05, 4.69) is 4.98 Å². The van der Waals surface area contributed by atoms with Crippen molar-refractivity contribution >= 4 is 5.97 Å². The second-order valence-electron chi connectivity index (χ2n) is 3.12. The van der Waals surface area contributed by atoms with Gasteiger partial charge in [0.05, 0.1) is 6.42 Å². The molecule has 0 atom stereocenters. The van der Waals surface area contributed by atoms with Gasteiger partial charge in [0.25, 0.3) is 6.43 Å². The zero-order valence-electron chi connectivity index (χ0n) is 8.17. The number of carbonyl (C=O) groups is 1. The number of nitrogens with one attached hydrogen (secondary N) is 1. The minimum Gasteiger partial charge on any atom is -0.481 e. The van der Waals surface area contributed by atoms with E-state index in [1.54, 1.807) is 0 Å². The van der Waals surface area contributed by atoms with Crippen molar-refractivity contribution in [1.29, 1.82) is 0 Å². The molecule has 0 saturated carbocycles. The molecule has 0 aromatic carbocycles. The first kappa shape index (κ1) is 12.3. The molecule has 1 aromatic heterocycles. The predicted molar refractivity (Wildman–Crippen MR) is 51.3 cm³/mol. The van der Waals surface area contributed by atoms with E-state index in [4.69, 9.17) is 10.8 Å². The number of carboxylic acid groups (broad SMARTS) is 1. The number of rotatable bonds is 4. The smallest absolute Gasteiger partial charge is 0.307 e. The molecule has 16 heavy (non-hydrogen) atoms. The molecule has 0 aliphatic carbocycles. The van der Waals surface area contributed by atoms with E-state index in [-0.39, 0.29) is 17.8 Å². The molecule has 0 fully saturated rings. The molecule has 1 rings (SSSR count). The highest BCUT2D eigenvalue weighted by atomic mass is 19.3. The summed E-state index contributed by atoms with van der Waals surface area (Å²) in [5.41, 5.74) is 3.87. The zero-order chi connectivity index (χ0) is 12.3. The molecule has 0 radical (unpaired) electrons. The van der Waals surface area contributed by atoms with Gasteiger partial charge in [0.2, 0.25) is 5.56 Å². The first-order valence-electron chi connectivity index (χ1n) is 4.40. The second-order valence-corrected chi connectivity index (χ2v) is 3.12. The second kappa shape index (κ2) is 4.84. The topological polar surface area (TPSA) is 96.2 Å². The summed E-state index contributed by atoms with van der Waals surface area (Å²) in [5.74, 6) is -1.26. The molecule has 88 valence electrons. The molecule has 5 nitrogen and oxygen atoms in total. The molecule has 0 aliphatic heterocycles. The minimum absolute atomic E-state index is 0.0326. The predicted octanol–water partition coefficient (Wildman–Crippen LogP) is 0.398. The van der Waals surface area contributed by atoms with Gasteiger partial charge < -0.3 is 15.8 Å². The van der Waals surface area contributed by atoms with Crippen molar-refractivity contribution in [1.82, 2.24) is 4.98 Å². The number of hydrogen-bond acceptors (Lipinski definition) is 3. The van der Waals surface area contributed by atoms with Crippen LogP contribution in [0.2, 0.25) is 0 Å². The molecule has 1 heterocycles. The SMILES string of the molecule is NCc1[nH]c(=O)cc(C(F)F)c1CC(=O)O. The summed E-state index contributed by atoms with van der Waals surface area (Å²) in [4.78, 5) is 23.8. The highest BCUT2D eigenvalue weighted by molar-refractivity contribution is 5.71. The van der Waals surface area contributed by atoms with Gasteiger partial charge in [-0.05, 0) is 5.56 Å². The fourth-order valence-corrected chi connectivity index (χ4v) is 1.39. The number of H-pyrrole nitrogens is 1. The molecule has 7 heteroatoms. The molecule has 0 amide bonds. The largest absolute Gasteiger partial charge is 0.481 e. The molecule has 0 aliphatic rings. The van der Waals surface area contributed by atoms with Crippen LogP contribution < -0.4 is 11.3 Å². The summed E-state index contributed by atoms with van der Waals surface area (Å²) in [5, 5.41) is 8.58. The molecule has 0 bridgehead atoms. The van der Waals surface area contributed by atoms with Crippen molar-refractivity contribution in [3.8, 4) is 0 Å². The van der Waals surface area contributed by atoms with E-state index in [1.807, 2.05) is 0 Å². The Labute approximate surface area is 88.9 Å². The number of aromatic nitrogens is 1. The average molecular weight is 232 g/mol. The number of alkyl halides is 2. The van der Waals surface area contributed by atoms with Crippen molar-refractivity contribution in [2.24, 2.45) is 5.73 Å². The lowest BCUT2D eigenvalue weighted by molar-refractivity contribution is -0.136. The lowest BCUT2D eigenvalue weighted by Gasteiger charge is -2.10. The van der Waals surface area contributed by atoms with Crippen LogP contribution >= 0.6 is 0 Å². The number of aromatic amines is 1. The monoisotopic (exact) mass is 232 g/mol. The normalized spacial score (nSPS) is 10.8. The lowest BCUT2D eigenvalue weighted by atomic mass is 10.0. The van der Waals surface area contributed by atoms with Crippen LogP contribution in [0, 0.1) is 0 Å². The van der Waals surface area contributed by atoms with Gasteiger partial charge in [-0.1, -0.05) is 0 Å². The quantitative estimate of drug-likeness (QED) is 0.700. The molecule has 0 saturated heterocycles. The Kier molecular flexibility index (Phi) is 3.73. The third kappa shape index (κ3) is 2.63. The van der Waals surface area contributed by atoms with Crippen LogP contribution in [-0.4, -0.2) is 16.1 Å². The van der Waals surface area contributed by atoms with E-state index in [1.165, 1.54) is 0 Å². The van der Waals surface area contributed by atoms with Crippen LogP contribution in [0.15, 0.2) is 10.9 Å². The molecule has 0 spiro atoms. The van der Waals surface area contributed by atoms with E-state index >= 15 is 0 Å². The Morgan fingerprint density at radius 3 is 2.62 bits per heavy atom. The highest BCUT2D eigenvalue weighted by Gasteiger charge is 2.19. The fraction of sp³-hybridized carbons (Fsp3) is 0.333. The molecular formula is C9H10F2N2O3. The van der Waals surface area contributed by atoms with Crippen molar-refractivity contribution in [3.63, 3.8) is 0 Å². The van der Waals surface area contributed by atoms with Gasteiger partial charge in [-0.2, -0.15) is 0 Å². The Morgan fingerprint density at radius 1 is 1.56 bits per heavy atom. The Hall–Kier alpha value is -1.76. The summed E-state index contributed by atoms with van der Waals surface area (Å²) in [6.07, 6.45) is -3.50. The van der Waals surface area contributed by atoms with Crippen LogP contribution in [0.1, 0.15) is 23.2 Å². The summed E-state index contributed by atoms with van der Waals surface area (Å²) in [6.45, 7) is -0.196. The van der Waals surface area contributed by atoms with Gasteiger partial charge >= 0.3 is 5.97 Å². The van der Waals surface area contributed by atoms with Crippen molar-refractivity contribution in [3.05, 3.63) is 33.2 Å². The molecular weight excluding hydrogens is 222 g/mol. The first-order valence-corrected chi connectivity index (χ1v) is 4.40. The summed E-state index contributed by atoms with van der Waals surface area (Å²) in [7, 11) is 0. The van der Waals surface area contributed by atoms with E-state index in [0.29, 0.717) is 6.07 Å². The van der Waals surface area contributed by atoms with Gasteiger partial charge in [-0.3, -0.25) is 9.59 Å². The van der Waals surface area contributed by atoms with Crippen LogP contribution in [0.4, 0.5) is 8.78 Å².